The lowest BCUT2D eigenvalue weighted by molar-refractivity contribution is 0.102. The maximum Gasteiger partial charge on any atom is 0.255 e. The molecule has 1 amide bonds. The van der Waals surface area contributed by atoms with Gasteiger partial charge < -0.3 is 14.8 Å². The third kappa shape index (κ3) is 6.99. The Morgan fingerprint density at radius 2 is 1.61 bits per heavy atom. The molecule has 4 nitrogen and oxygen atoms in total. The van der Waals surface area contributed by atoms with E-state index in [9.17, 15) is 4.79 Å². The van der Waals surface area contributed by atoms with Crippen molar-refractivity contribution in [1.82, 2.24) is 0 Å². The fourth-order valence-corrected chi connectivity index (χ4v) is 4.53. The van der Waals surface area contributed by atoms with Gasteiger partial charge in [0.05, 0.1) is 12.3 Å². The third-order valence-corrected chi connectivity index (χ3v) is 6.41. The summed E-state index contributed by atoms with van der Waals surface area (Å²) in [4.78, 5) is 12.9. The topological polar surface area (TPSA) is 47.6 Å². The summed E-state index contributed by atoms with van der Waals surface area (Å²) < 4.78 is 12.1. The summed E-state index contributed by atoms with van der Waals surface area (Å²) >= 11 is 0. The molecule has 1 heterocycles. The second-order valence-corrected chi connectivity index (χ2v) is 10.0. The van der Waals surface area contributed by atoms with Crippen molar-refractivity contribution in [2.45, 2.75) is 98.0 Å². The van der Waals surface area contributed by atoms with Crippen LogP contribution in [0.3, 0.4) is 0 Å². The van der Waals surface area contributed by atoms with Crippen molar-refractivity contribution in [2.24, 2.45) is 0 Å². The standard InChI is InChI=1S/C29H41NO3/c1-6-7-8-9-10-11-12-13-18-32-24-16-14-23(15-17-24)28(31)30-26-22(3)19-21(2)25-20-29(4,5)33-27(25)26/h14-17,19H,6-13,18,20H2,1-5H3,(H,30,31). The molecule has 0 atom stereocenters. The minimum Gasteiger partial charge on any atom is -0.494 e. The second-order valence-electron chi connectivity index (χ2n) is 10.0. The average molecular weight is 452 g/mol. The summed E-state index contributed by atoms with van der Waals surface area (Å²) in [6, 6.07) is 9.54. The van der Waals surface area contributed by atoms with E-state index >= 15 is 0 Å². The molecule has 0 saturated heterocycles. The van der Waals surface area contributed by atoms with Gasteiger partial charge in [-0.2, -0.15) is 0 Å². The van der Waals surface area contributed by atoms with Crippen LogP contribution >= 0.6 is 0 Å². The summed E-state index contributed by atoms with van der Waals surface area (Å²) in [5, 5.41) is 3.09. The van der Waals surface area contributed by atoms with E-state index in [4.69, 9.17) is 9.47 Å². The molecule has 0 fully saturated rings. The highest BCUT2D eigenvalue weighted by atomic mass is 16.5. The molecule has 0 radical (unpaired) electrons. The van der Waals surface area contributed by atoms with Gasteiger partial charge in [0, 0.05) is 17.5 Å². The number of hydrogen-bond donors (Lipinski definition) is 1. The molecule has 1 aliphatic heterocycles. The van der Waals surface area contributed by atoms with E-state index < -0.39 is 0 Å². The highest BCUT2D eigenvalue weighted by Crippen LogP contribution is 2.44. The lowest BCUT2D eigenvalue weighted by Crippen LogP contribution is -2.25. The number of anilines is 1. The summed E-state index contributed by atoms with van der Waals surface area (Å²) in [7, 11) is 0. The van der Waals surface area contributed by atoms with E-state index in [1.165, 1.54) is 56.1 Å². The zero-order valence-electron chi connectivity index (χ0n) is 21.2. The van der Waals surface area contributed by atoms with E-state index in [-0.39, 0.29) is 11.5 Å². The first kappa shape index (κ1) is 25.1. The minimum atomic E-state index is -0.256. The monoisotopic (exact) mass is 451 g/mol. The number of hydrogen-bond acceptors (Lipinski definition) is 3. The van der Waals surface area contributed by atoms with Gasteiger partial charge in [-0.1, -0.05) is 57.9 Å². The van der Waals surface area contributed by atoms with E-state index in [1.807, 2.05) is 31.2 Å². The number of aryl methyl sites for hydroxylation is 2. The molecule has 3 rings (SSSR count). The van der Waals surface area contributed by atoms with Crippen LogP contribution in [0, 0.1) is 13.8 Å². The SMILES string of the molecule is CCCCCCCCCCOc1ccc(C(=O)Nc2c(C)cc(C)c3c2OC(C)(C)C3)cc1. The van der Waals surface area contributed by atoms with Crippen LogP contribution in [0.25, 0.3) is 0 Å². The lowest BCUT2D eigenvalue weighted by Gasteiger charge is -2.19. The molecule has 180 valence electrons. The van der Waals surface area contributed by atoms with E-state index in [0.717, 1.165) is 42.2 Å². The molecule has 0 aromatic heterocycles. The average Bonchev–Trinajstić information content (AvgIpc) is 3.11. The number of rotatable bonds is 12. The molecule has 1 aliphatic rings. The number of carbonyl (C=O) groups excluding carboxylic acids is 1. The third-order valence-electron chi connectivity index (χ3n) is 6.41. The van der Waals surface area contributed by atoms with Gasteiger partial charge in [0.2, 0.25) is 0 Å². The molecule has 2 aromatic carbocycles. The lowest BCUT2D eigenvalue weighted by atomic mass is 9.96. The summed E-state index contributed by atoms with van der Waals surface area (Å²) in [6.07, 6.45) is 11.1. The van der Waals surface area contributed by atoms with Crippen LogP contribution in [-0.2, 0) is 6.42 Å². The Kier molecular flexibility index (Phi) is 8.82. The molecule has 2 aromatic rings. The fourth-order valence-electron chi connectivity index (χ4n) is 4.53. The number of nitrogens with one attached hydrogen (secondary N) is 1. The minimum absolute atomic E-state index is 0.132. The molecule has 0 aliphatic carbocycles. The molecule has 1 N–H and O–H groups in total. The summed E-state index contributed by atoms with van der Waals surface area (Å²) in [5.41, 5.74) is 4.55. The van der Waals surface area contributed by atoms with E-state index in [2.05, 4.69) is 39.1 Å². The fraction of sp³-hybridized carbons (Fsp3) is 0.552. The van der Waals surface area contributed by atoms with Crippen molar-refractivity contribution < 1.29 is 14.3 Å². The number of benzene rings is 2. The van der Waals surface area contributed by atoms with Gasteiger partial charge in [-0.05, 0) is 69.5 Å². The predicted octanol–water partition coefficient (Wildman–Crippen LogP) is 7.79. The van der Waals surface area contributed by atoms with E-state index in [1.54, 1.807) is 0 Å². The normalized spacial score (nSPS) is 14.0. The van der Waals surface area contributed by atoms with Gasteiger partial charge in [-0.15, -0.1) is 0 Å². The second kappa shape index (κ2) is 11.6. The Morgan fingerprint density at radius 3 is 2.27 bits per heavy atom. The number of ether oxygens (including phenoxy) is 2. The molecule has 4 heteroatoms. The van der Waals surface area contributed by atoms with Gasteiger partial charge in [-0.3, -0.25) is 4.79 Å². The maximum atomic E-state index is 12.9. The molecular weight excluding hydrogens is 410 g/mol. The zero-order valence-corrected chi connectivity index (χ0v) is 21.2. The Morgan fingerprint density at radius 1 is 0.970 bits per heavy atom. The Hall–Kier alpha value is -2.49. The van der Waals surface area contributed by atoms with Gasteiger partial charge in [0.1, 0.15) is 17.1 Å². The van der Waals surface area contributed by atoms with Gasteiger partial charge in [0.15, 0.2) is 0 Å². The largest absolute Gasteiger partial charge is 0.494 e. The predicted molar refractivity (Wildman–Crippen MR) is 137 cm³/mol. The molecule has 0 unspecified atom stereocenters. The summed E-state index contributed by atoms with van der Waals surface area (Å²) in [5.74, 6) is 1.50. The number of carbonyl (C=O) groups is 1. The highest BCUT2D eigenvalue weighted by molar-refractivity contribution is 6.05. The quantitative estimate of drug-likeness (QED) is 0.335. The first-order chi connectivity index (χ1) is 15.8. The van der Waals surface area contributed by atoms with Crippen molar-refractivity contribution in [1.29, 1.82) is 0 Å². The van der Waals surface area contributed by atoms with Crippen LogP contribution in [-0.4, -0.2) is 18.1 Å². The molecule has 0 saturated carbocycles. The Labute approximate surface area is 200 Å². The van der Waals surface area contributed by atoms with Gasteiger partial charge in [0.25, 0.3) is 5.91 Å². The zero-order chi connectivity index (χ0) is 23.8. The molecule has 0 spiro atoms. The van der Waals surface area contributed by atoms with Crippen LogP contribution in [0.15, 0.2) is 30.3 Å². The highest BCUT2D eigenvalue weighted by Gasteiger charge is 2.34. The van der Waals surface area contributed by atoms with Gasteiger partial charge in [-0.25, -0.2) is 0 Å². The van der Waals surface area contributed by atoms with Gasteiger partial charge >= 0.3 is 0 Å². The smallest absolute Gasteiger partial charge is 0.255 e. The maximum absolute atomic E-state index is 12.9. The molecule has 0 bridgehead atoms. The van der Waals surface area contributed by atoms with Crippen molar-refractivity contribution in [3.8, 4) is 11.5 Å². The Bertz CT molecular complexity index is 931. The number of amides is 1. The van der Waals surface area contributed by atoms with Crippen LogP contribution in [0.4, 0.5) is 5.69 Å². The van der Waals surface area contributed by atoms with Crippen molar-refractivity contribution >= 4 is 11.6 Å². The molecule has 33 heavy (non-hydrogen) atoms. The van der Waals surface area contributed by atoms with Crippen LogP contribution in [0.5, 0.6) is 11.5 Å². The van der Waals surface area contributed by atoms with Crippen LogP contribution in [0.2, 0.25) is 0 Å². The van der Waals surface area contributed by atoms with Crippen molar-refractivity contribution in [2.75, 3.05) is 11.9 Å². The van der Waals surface area contributed by atoms with Crippen molar-refractivity contribution in [3.05, 3.63) is 52.6 Å². The molecular formula is C29H41NO3. The number of unbranched alkanes of at least 4 members (excludes halogenated alkanes) is 7. The number of fused-ring (bicyclic) bond motifs is 1. The van der Waals surface area contributed by atoms with Crippen LogP contribution in [0.1, 0.15) is 99.2 Å². The first-order valence-corrected chi connectivity index (χ1v) is 12.7. The van der Waals surface area contributed by atoms with Crippen molar-refractivity contribution in [3.63, 3.8) is 0 Å². The van der Waals surface area contributed by atoms with Crippen LogP contribution < -0.4 is 14.8 Å². The van der Waals surface area contributed by atoms with E-state index in [0.29, 0.717) is 5.56 Å². The Balaban J connectivity index is 1.49. The summed E-state index contributed by atoms with van der Waals surface area (Å²) in [6.45, 7) is 11.3. The first-order valence-electron chi connectivity index (χ1n) is 12.7.